The predicted octanol–water partition coefficient (Wildman–Crippen LogP) is 4.18. The van der Waals surface area contributed by atoms with E-state index in [1.807, 2.05) is 26.0 Å². The molecule has 0 aliphatic carbocycles. The molecule has 0 fully saturated rings. The van der Waals surface area contributed by atoms with Gasteiger partial charge in [0.25, 0.3) is 0 Å². The molecule has 4 nitrogen and oxygen atoms in total. The minimum absolute atomic E-state index is 0.296. The number of benzene rings is 1. The Morgan fingerprint density at radius 2 is 1.81 bits per heavy atom. The molecule has 1 rings (SSSR count). The van der Waals surface area contributed by atoms with Crippen LogP contribution in [0.3, 0.4) is 0 Å². The molecule has 0 aromatic heterocycles. The second-order valence-corrected chi connectivity index (χ2v) is 6.46. The zero-order chi connectivity index (χ0) is 15.7. The van der Waals surface area contributed by atoms with Crippen molar-refractivity contribution in [3.8, 4) is 0 Å². The number of carboxylic acid groups (broad SMARTS) is 1. The number of amidine groups is 1. The maximum atomic E-state index is 11.4. The lowest BCUT2D eigenvalue weighted by atomic mass is 10.1. The highest BCUT2D eigenvalue weighted by atomic mass is 33.1. The number of nitrogens with zero attached hydrogens (tertiary/aromatic N) is 2. The first-order valence-electron chi connectivity index (χ1n) is 7.09. The van der Waals surface area contributed by atoms with Crippen LogP contribution in [0.4, 0.5) is 0 Å². The van der Waals surface area contributed by atoms with Gasteiger partial charge < -0.3 is 10.0 Å². The maximum Gasteiger partial charge on any atom is 0.336 e. The number of rotatable bonds is 8. The van der Waals surface area contributed by atoms with Gasteiger partial charge in [-0.1, -0.05) is 35.9 Å². The number of hydrogen-bond donors (Lipinski definition) is 1. The first-order chi connectivity index (χ1) is 10.2. The maximum absolute atomic E-state index is 11.4. The largest absolute Gasteiger partial charge is 0.478 e. The Hall–Kier alpha value is -1.14. The molecule has 0 spiro atoms. The van der Waals surface area contributed by atoms with Crippen LogP contribution < -0.4 is 0 Å². The van der Waals surface area contributed by atoms with Crippen LogP contribution in [0.1, 0.15) is 43.1 Å². The average Bonchev–Trinajstić information content (AvgIpc) is 2.50. The van der Waals surface area contributed by atoms with E-state index in [1.54, 1.807) is 22.9 Å². The van der Waals surface area contributed by atoms with Gasteiger partial charge in [0.05, 0.1) is 5.56 Å². The zero-order valence-electron chi connectivity index (χ0n) is 12.7. The molecule has 21 heavy (non-hydrogen) atoms. The highest BCUT2D eigenvalue weighted by Gasteiger charge is 2.18. The fourth-order valence-corrected chi connectivity index (χ4v) is 3.52. The molecule has 0 aliphatic rings. The summed E-state index contributed by atoms with van der Waals surface area (Å²) in [6.07, 6.45) is 1.10. The summed E-state index contributed by atoms with van der Waals surface area (Å²) in [5, 5.41) is 9.37. The van der Waals surface area contributed by atoms with Gasteiger partial charge in [0.2, 0.25) is 0 Å². The quantitative estimate of drug-likeness (QED) is 0.255. The van der Waals surface area contributed by atoms with E-state index in [4.69, 9.17) is 0 Å². The summed E-state index contributed by atoms with van der Waals surface area (Å²) in [6.45, 7) is 7.81. The summed E-state index contributed by atoms with van der Waals surface area (Å²) in [5.41, 5.74) is 0.975. The molecule has 6 heteroatoms. The van der Waals surface area contributed by atoms with Crippen LogP contribution in [0, 0.1) is 0 Å². The standard InChI is InChI=1S/C15H22N2O2S2/c1-4-11-20-21-16-14(17(5-2)6-3)12-9-7-8-10-13(12)15(18)19/h7-10H,4-6,11H2,1-3H3,(H,18,19)/b16-14+. The second-order valence-electron chi connectivity index (χ2n) is 4.33. The molecule has 0 amide bonds. The van der Waals surface area contributed by atoms with E-state index in [-0.39, 0.29) is 0 Å². The third-order valence-electron chi connectivity index (χ3n) is 2.93. The monoisotopic (exact) mass is 326 g/mol. The third kappa shape index (κ3) is 5.28. The number of carboxylic acids is 1. The van der Waals surface area contributed by atoms with Crippen LogP contribution >= 0.6 is 21.8 Å². The van der Waals surface area contributed by atoms with Crippen molar-refractivity contribution in [2.75, 3.05) is 18.8 Å². The molecule has 1 N–H and O–H groups in total. The van der Waals surface area contributed by atoms with Crippen LogP contribution in [0.25, 0.3) is 0 Å². The Labute approximate surface area is 134 Å². The molecule has 116 valence electrons. The first kappa shape index (κ1) is 17.9. The lowest BCUT2D eigenvalue weighted by Crippen LogP contribution is -2.32. The van der Waals surface area contributed by atoms with Crippen molar-refractivity contribution in [1.82, 2.24) is 4.90 Å². The summed E-state index contributed by atoms with van der Waals surface area (Å²) in [7, 11) is 3.11. The molecule has 0 saturated heterocycles. The van der Waals surface area contributed by atoms with Crippen molar-refractivity contribution in [1.29, 1.82) is 0 Å². The molecular weight excluding hydrogens is 304 g/mol. The summed E-state index contributed by atoms with van der Waals surface area (Å²) in [6, 6.07) is 7.04. The molecule has 0 atom stereocenters. The van der Waals surface area contributed by atoms with Gasteiger partial charge >= 0.3 is 5.97 Å². The minimum atomic E-state index is -0.920. The van der Waals surface area contributed by atoms with Gasteiger partial charge in [-0.3, -0.25) is 0 Å². The van der Waals surface area contributed by atoms with Crippen LogP contribution in [0.5, 0.6) is 0 Å². The Balaban J connectivity index is 3.14. The topological polar surface area (TPSA) is 52.9 Å². The van der Waals surface area contributed by atoms with Gasteiger partial charge in [0, 0.05) is 35.4 Å². The zero-order valence-corrected chi connectivity index (χ0v) is 14.3. The Bertz CT molecular complexity index is 488. The lowest BCUT2D eigenvalue weighted by molar-refractivity contribution is 0.0696. The number of aromatic carboxylic acids is 1. The van der Waals surface area contributed by atoms with Gasteiger partial charge in [-0.25, -0.2) is 4.79 Å². The van der Waals surface area contributed by atoms with E-state index in [2.05, 4.69) is 16.2 Å². The normalized spacial score (nSPS) is 11.5. The second kappa shape index (κ2) is 9.73. The minimum Gasteiger partial charge on any atom is -0.478 e. The fourth-order valence-electron chi connectivity index (χ4n) is 1.85. The molecule has 0 heterocycles. The van der Waals surface area contributed by atoms with E-state index in [0.717, 1.165) is 31.1 Å². The summed E-state index contributed by atoms with van der Waals surface area (Å²) >= 11 is 0. The third-order valence-corrected chi connectivity index (χ3v) is 4.89. The van der Waals surface area contributed by atoms with Crippen molar-refractivity contribution in [3.63, 3.8) is 0 Å². The molecular formula is C15H22N2O2S2. The molecule has 0 saturated carbocycles. The Morgan fingerprint density at radius 3 is 2.33 bits per heavy atom. The summed E-state index contributed by atoms with van der Waals surface area (Å²) in [5.74, 6) is 0.851. The van der Waals surface area contributed by atoms with E-state index >= 15 is 0 Å². The predicted molar refractivity (Wildman–Crippen MR) is 93.2 cm³/mol. The van der Waals surface area contributed by atoms with Crippen LogP contribution in [0.2, 0.25) is 0 Å². The smallest absolute Gasteiger partial charge is 0.336 e. The Morgan fingerprint density at radius 1 is 1.19 bits per heavy atom. The molecule has 1 aromatic carbocycles. The van der Waals surface area contributed by atoms with E-state index in [1.165, 1.54) is 11.0 Å². The molecule has 1 aromatic rings. The van der Waals surface area contributed by atoms with Crippen LogP contribution in [0.15, 0.2) is 28.7 Å². The SMILES string of the molecule is CCCSS/N=C(\c1ccccc1C(=O)O)N(CC)CC. The highest BCUT2D eigenvalue weighted by Crippen LogP contribution is 2.25. The van der Waals surface area contributed by atoms with Gasteiger partial charge in [-0.05, 0) is 26.3 Å². The van der Waals surface area contributed by atoms with E-state index < -0.39 is 5.97 Å². The molecule has 0 radical (unpaired) electrons. The molecule has 0 unspecified atom stereocenters. The fraction of sp³-hybridized carbons (Fsp3) is 0.467. The van der Waals surface area contributed by atoms with E-state index in [9.17, 15) is 9.90 Å². The average molecular weight is 326 g/mol. The van der Waals surface area contributed by atoms with Crippen molar-refractivity contribution in [2.45, 2.75) is 27.2 Å². The molecule has 0 aliphatic heterocycles. The lowest BCUT2D eigenvalue weighted by Gasteiger charge is -2.23. The number of carbonyl (C=O) groups is 1. The van der Waals surface area contributed by atoms with Gasteiger partial charge in [0.1, 0.15) is 5.84 Å². The Kier molecular flexibility index (Phi) is 8.30. The summed E-state index contributed by atoms with van der Waals surface area (Å²) in [4.78, 5) is 13.5. The van der Waals surface area contributed by atoms with Crippen molar-refractivity contribution in [2.24, 2.45) is 4.40 Å². The van der Waals surface area contributed by atoms with E-state index in [0.29, 0.717) is 11.1 Å². The van der Waals surface area contributed by atoms with Crippen LogP contribution in [-0.4, -0.2) is 40.7 Å². The summed E-state index contributed by atoms with van der Waals surface area (Å²) < 4.78 is 4.58. The van der Waals surface area contributed by atoms with Gasteiger partial charge in [0.15, 0.2) is 0 Å². The van der Waals surface area contributed by atoms with Gasteiger partial charge in [-0.2, -0.15) is 4.40 Å². The van der Waals surface area contributed by atoms with Crippen molar-refractivity contribution in [3.05, 3.63) is 35.4 Å². The van der Waals surface area contributed by atoms with Crippen molar-refractivity contribution >= 4 is 33.6 Å². The van der Waals surface area contributed by atoms with Gasteiger partial charge in [-0.15, -0.1) is 0 Å². The first-order valence-corrected chi connectivity index (χ1v) is 9.37. The molecule has 0 bridgehead atoms. The highest BCUT2D eigenvalue weighted by molar-refractivity contribution is 8.76. The van der Waals surface area contributed by atoms with Crippen molar-refractivity contribution < 1.29 is 9.90 Å². The van der Waals surface area contributed by atoms with Crippen LogP contribution in [-0.2, 0) is 0 Å². The number of hydrogen-bond acceptors (Lipinski definition) is 4.